The van der Waals surface area contributed by atoms with Crippen molar-refractivity contribution in [3.63, 3.8) is 0 Å². The molecule has 1 amide bonds. The van der Waals surface area contributed by atoms with Crippen LogP contribution in [-0.4, -0.2) is 16.1 Å². The van der Waals surface area contributed by atoms with Crippen LogP contribution in [0.15, 0.2) is 48.7 Å². The van der Waals surface area contributed by atoms with Crippen LogP contribution >= 0.6 is 0 Å². The largest absolute Gasteiger partial charge is 0.361 e. The molecule has 110 valence electrons. The number of hydroxylamine groups is 1. The average molecular weight is 294 g/mol. The zero-order valence-electron chi connectivity index (χ0n) is 11.6. The lowest BCUT2D eigenvalue weighted by Gasteiger charge is -2.11. The maximum Gasteiger partial charge on any atom is 0.274 e. The van der Waals surface area contributed by atoms with Crippen molar-refractivity contribution < 1.29 is 10.0 Å². The molecule has 1 aliphatic heterocycles. The highest BCUT2D eigenvalue weighted by atomic mass is 16.5. The number of carbonyl (C=O) groups is 1. The van der Waals surface area contributed by atoms with Gasteiger partial charge in [-0.05, 0) is 24.3 Å². The van der Waals surface area contributed by atoms with E-state index in [-0.39, 0.29) is 6.17 Å². The highest BCUT2D eigenvalue weighted by molar-refractivity contribution is 5.96. The number of carbonyl (C=O) groups excluding carboxylic acids is 1. The highest BCUT2D eigenvalue weighted by Crippen LogP contribution is 2.37. The van der Waals surface area contributed by atoms with Crippen LogP contribution in [-0.2, 0) is 0 Å². The van der Waals surface area contributed by atoms with E-state index >= 15 is 0 Å². The van der Waals surface area contributed by atoms with Gasteiger partial charge in [-0.1, -0.05) is 18.2 Å². The van der Waals surface area contributed by atoms with Crippen molar-refractivity contribution in [2.45, 2.75) is 6.17 Å². The van der Waals surface area contributed by atoms with Crippen molar-refractivity contribution >= 4 is 28.2 Å². The number of para-hydroxylation sites is 1. The van der Waals surface area contributed by atoms with Crippen molar-refractivity contribution in [1.82, 2.24) is 10.5 Å². The molecule has 0 saturated carbocycles. The number of aromatic amines is 1. The molecule has 1 atom stereocenters. The zero-order valence-corrected chi connectivity index (χ0v) is 11.6. The fourth-order valence-electron chi connectivity index (χ4n) is 2.83. The second-order valence-corrected chi connectivity index (χ2v) is 5.21. The summed E-state index contributed by atoms with van der Waals surface area (Å²) in [5.41, 5.74) is 5.98. The summed E-state index contributed by atoms with van der Waals surface area (Å²) in [6.45, 7) is 0. The molecule has 1 unspecified atom stereocenters. The summed E-state index contributed by atoms with van der Waals surface area (Å²) >= 11 is 0. The van der Waals surface area contributed by atoms with Gasteiger partial charge >= 0.3 is 0 Å². The normalized spacial score (nSPS) is 16.0. The number of benzene rings is 2. The van der Waals surface area contributed by atoms with Gasteiger partial charge in [-0.3, -0.25) is 10.0 Å². The van der Waals surface area contributed by atoms with Crippen molar-refractivity contribution in [3.05, 3.63) is 59.8 Å². The van der Waals surface area contributed by atoms with Gasteiger partial charge in [0.05, 0.1) is 11.4 Å². The Labute approximate surface area is 126 Å². The number of nitrogens with one attached hydrogen (secondary N) is 4. The van der Waals surface area contributed by atoms with E-state index in [9.17, 15) is 4.79 Å². The molecule has 3 aromatic rings. The molecule has 0 fully saturated rings. The minimum Gasteiger partial charge on any atom is -0.361 e. The molecule has 0 spiro atoms. The van der Waals surface area contributed by atoms with E-state index in [0.29, 0.717) is 5.56 Å². The summed E-state index contributed by atoms with van der Waals surface area (Å²) in [7, 11) is 0. The van der Waals surface area contributed by atoms with E-state index in [2.05, 4.69) is 21.7 Å². The molecule has 5 N–H and O–H groups in total. The van der Waals surface area contributed by atoms with Gasteiger partial charge in [0.25, 0.3) is 5.91 Å². The molecule has 1 aromatic heterocycles. The number of rotatable bonds is 2. The van der Waals surface area contributed by atoms with Gasteiger partial charge < -0.3 is 15.6 Å². The van der Waals surface area contributed by atoms with Crippen LogP contribution in [0.4, 0.5) is 11.4 Å². The van der Waals surface area contributed by atoms with Crippen LogP contribution in [0.5, 0.6) is 0 Å². The third-order valence-electron chi connectivity index (χ3n) is 3.92. The predicted octanol–water partition coefficient (Wildman–Crippen LogP) is 2.82. The molecular weight excluding hydrogens is 280 g/mol. The zero-order chi connectivity index (χ0) is 15.1. The van der Waals surface area contributed by atoms with E-state index in [4.69, 9.17) is 5.21 Å². The average Bonchev–Trinajstić information content (AvgIpc) is 3.16. The number of H-pyrrole nitrogens is 1. The number of fused-ring (bicyclic) bond motifs is 2. The smallest absolute Gasteiger partial charge is 0.274 e. The summed E-state index contributed by atoms with van der Waals surface area (Å²) in [5.74, 6) is -0.528. The topological polar surface area (TPSA) is 89.2 Å². The van der Waals surface area contributed by atoms with Gasteiger partial charge in [0.2, 0.25) is 0 Å². The molecule has 2 heterocycles. The van der Waals surface area contributed by atoms with E-state index < -0.39 is 5.91 Å². The van der Waals surface area contributed by atoms with Crippen LogP contribution in [0.1, 0.15) is 22.1 Å². The first-order chi connectivity index (χ1) is 10.8. The molecule has 6 nitrogen and oxygen atoms in total. The van der Waals surface area contributed by atoms with E-state index in [0.717, 1.165) is 27.8 Å². The first kappa shape index (κ1) is 12.7. The van der Waals surface area contributed by atoms with Crippen LogP contribution in [0.3, 0.4) is 0 Å². The maximum absolute atomic E-state index is 11.5. The molecule has 6 heteroatoms. The quantitative estimate of drug-likeness (QED) is 0.371. The summed E-state index contributed by atoms with van der Waals surface area (Å²) < 4.78 is 0. The minimum absolute atomic E-state index is 0.0708. The molecular formula is C16H14N4O2. The molecule has 22 heavy (non-hydrogen) atoms. The van der Waals surface area contributed by atoms with Crippen LogP contribution < -0.4 is 16.1 Å². The standard InChI is InChI=1S/C16H14N4O2/c21-16(20-22)9-5-6-13-14(7-9)19-15(18-13)11-8-17-12-4-2-1-3-10(11)12/h1-8,15,17-19,22H,(H,20,21). The molecule has 4 rings (SSSR count). The van der Waals surface area contributed by atoms with Crippen molar-refractivity contribution in [3.8, 4) is 0 Å². The maximum atomic E-state index is 11.5. The SMILES string of the molecule is O=C(NO)c1ccc2c(c1)NC(c1c[nH]c3ccccc13)N2. The third kappa shape index (κ3) is 1.89. The summed E-state index contributed by atoms with van der Waals surface area (Å²) in [4.78, 5) is 14.7. The lowest BCUT2D eigenvalue weighted by Crippen LogP contribution is -2.18. The van der Waals surface area contributed by atoms with Gasteiger partial charge in [-0.2, -0.15) is 0 Å². The summed E-state index contributed by atoms with van der Waals surface area (Å²) in [6, 6.07) is 13.3. The number of hydrogen-bond acceptors (Lipinski definition) is 4. The molecule has 0 aliphatic carbocycles. The fraction of sp³-hybridized carbons (Fsp3) is 0.0625. The monoisotopic (exact) mass is 294 g/mol. The molecule has 0 radical (unpaired) electrons. The van der Waals surface area contributed by atoms with E-state index in [1.54, 1.807) is 17.6 Å². The van der Waals surface area contributed by atoms with Crippen molar-refractivity contribution in [2.75, 3.05) is 10.6 Å². The second kappa shape index (κ2) is 4.78. The van der Waals surface area contributed by atoms with Gasteiger partial charge in [-0.25, -0.2) is 5.48 Å². The Morgan fingerprint density at radius 3 is 2.77 bits per heavy atom. The van der Waals surface area contributed by atoms with Crippen molar-refractivity contribution in [1.29, 1.82) is 0 Å². The van der Waals surface area contributed by atoms with E-state index in [1.165, 1.54) is 0 Å². The molecule has 1 aliphatic rings. The van der Waals surface area contributed by atoms with Crippen molar-refractivity contribution in [2.24, 2.45) is 0 Å². The Balaban J connectivity index is 1.68. The summed E-state index contributed by atoms with van der Waals surface area (Å²) in [5, 5.41) is 16.6. The Morgan fingerprint density at radius 1 is 1.09 bits per heavy atom. The van der Waals surface area contributed by atoms with Crippen LogP contribution in [0.25, 0.3) is 10.9 Å². The van der Waals surface area contributed by atoms with Gasteiger partial charge in [-0.15, -0.1) is 0 Å². The molecule has 2 aromatic carbocycles. The van der Waals surface area contributed by atoms with Gasteiger partial charge in [0, 0.05) is 28.2 Å². The fourth-order valence-corrected chi connectivity index (χ4v) is 2.83. The summed E-state index contributed by atoms with van der Waals surface area (Å²) in [6.07, 6.45) is 1.90. The number of aromatic nitrogens is 1. The minimum atomic E-state index is -0.528. The first-order valence-electron chi connectivity index (χ1n) is 6.94. The molecule has 0 saturated heterocycles. The van der Waals surface area contributed by atoms with Crippen LogP contribution in [0, 0.1) is 0 Å². The third-order valence-corrected chi connectivity index (χ3v) is 3.92. The second-order valence-electron chi connectivity index (χ2n) is 5.21. The Bertz CT molecular complexity index is 871. The lowest BCUT2D eigenvalue weighted by molar-refractivity contribution is 0.0706. The first-order valence-corrected chi connectivity index (χ1v) is 6.94. The Kier molecular flexibility index (Phi) is 2.77. The Hall–Kier alpha value is -2.99. The predicted molar refractivity (Wildman–Crippen MR) is 84.0 cm³/mol. The Morgan fingerprint density at radius 2 is 1.91 bits per heavy atom. The number of hydrogen-bond donors (Lipinski definition) is 5. The van der Waals surface area contributed by atoms with Crippen LogP contribution in [0.2, 0.25) is 0 Å². The van der Waals surface area contributed by atoms with Gasteiger partial charge in [0.15, 0.2) is 0 Å². The number of anilines is 2. The van der Waals surface area contributed by atoms with E-state index in [1.807, 2.05) is 30.5 Å². The van der Waals surface area contributed by atoms with Gasteiger partial charge in [0.1, 0.15) is 6.17 Å². The lowest BCUT2D eigenvalue weighted by atomic mass is 10.1. The highest BCUT2D eigenvalue weighted by Gasteiger charge is 2.24. The number of amides is 1. The molecule has 0 bridgehead atoms.